The molecule has 3 nitrogen and oxygen atoms in total. The Bertz CT molecular complexity index is 402. The lowest BCUT2D eigenvalue weighted by molar-refractivity contribution is -0.134. The average molecular weight is 246 g/mol. The first kappa shape index (κ1) is 13.1. The lowest BCUT2D eigenvalue weighted by Gasteiger charge is -2.38. The van der Waals surface area contributed by atoms with Crippen LogP contribution in [0, 0.1) is 5.92 Å². The highest BCUT2D eigenvalue weighted by molar-refractivity contribution is 5.81. The van der Waals surface area contributed by atoms with Gasteiger partial charge in [-0.2, -0.15) is 0 Å². The molecule has 1 aromatic carbocycles. The Hall–Kier alpha value is -1.35. The maximum atomic E-state index is 11.9. The zero-order chi connectivity index (χ0) is 13.1. The minimum absolute atomic E-state index is 0.0772. The number of carbonyl (C=O) groups is 1. The summed E-state index contributed by atoms with van der Waals surface area (Å²) >= 11 is 0. The van der Waals surface area contributed by atoms with E-state index in [0.717, 1.165) is 19.5 Å². The molecule has 1 aliphatic heterocycles. The van der Waals surface area contributed by atoms with Gasteiger partial charge in [0.2, 0.25) is 5.91 Å². The molecule has 0 aromatic heterocycles. The summed E-state index contributed by atoms with van der Waals surface area (Å²) in [5, 5.41) is 0. The van der Waals surface area contributed by atoms with Crippen molar-refractivity contribution in [3.63, 3.8) is 0 Å². The van der Waals surface area contributed by atoms with Crippen LogP contribution in [-0.2, 0) is 4.79 Å². The van der Waals surface area contributed by atoms with Crippen LogP contribution in [0.4, 0.5) is 0 Å². The predicted octanol–water partition coefficient (Wildman–Crippen LogP) is 1.99. The summed E-state index contributed by atoms with van der Waals surface area (Å²) in [4.78, 5) is 13.8. The van der Waals surface area contributed by atoms with Crippen LogP contribution in [-0.4, -0.2) is 29.9 Å². The van der Waals surface area contributed by atoms with Crippen LogP contribution in [0.1, 0.15) is 31.7 Å². The van der Waals surface area contributed by atoms with Crippen molar-refractivity contribution in [3.05, 3.63) is 35.9 Å². The molecular weight excluding hydrogens is 224 g/mol. The van der Waals surface area contributed by atoms with Crippen LogP contribution in [0.25, 0.3) is 0 Å². The van der Waals surface area contributed by atoms with Crippen LogP contribution < -0.4 is 5.73 Å². The summed E-state index contributed by atoms with van der Waals surface area (Å²) in [5.41, 5.74) is 7.05. The van der Waals surface area contributed by atoms with Crippen LogP contribution in [0.5, 0.6) is 0 Å². The Morgan fingerprint density at radius 1 is 1.39 bits per heavy atom. The fourth-order valence-corrected chi connectivity index (χ4v) is 2.83. The molecule has 3 atom stereocenters. The fourth-order valence-electron chi connectivity index (χ4n) is 2.83. The molecular formula is C15H22N2O. The maximum Gasteiger partial charge on any atom is 0.239 e. The Balaban J connectivity index is 2.03. The number of carbonyl (C=O) groups excluding carboxylic acids is 1. The molecule has 1 fully saturated rings. The van der Waals surface area contributed by atoms with Crippen molar-refractivity contribution >= 4 is 5.91 Å². The summed E-state index contributed by atoms with van der Waals surface area (Å²) < 4.78 is 0. The molecule has 0 aliphatic carbocycles. The fraction of sp³-hybridized carbons (Fsp3) is 0.533. The van der Waals surface area contributed by atoms with E-state index in [-0.39, 0.29) is 11.9 Å². The molecule has 18 heavy (non-hydrogen) atoms. The summed E-state index contributed by atoms with van der Waals surface area (Å²) in [6.45, 7) is 5.62. The highest BCUT2D eigenvalue weighted by Gasteiger charge is 2.30. The highest BCUT2D eigenvalue weighted by Crippen LogP contribution is 2.32. The quantitative estimate of drug-likeness (QED) is 0.867. The third kappa shape index (κ3) is 2.72. The summed E-state index contributed by atoms with van der Waals surface area (Å²) in [6, 6.07) is 10.2. The highest BCUT2D eigenvalue weighted by atomic mass is 16.2. The van der Waals surface area contributed by atoms with E-state index in [1.54, 1.807) is 6.92 Å². The second-order valence-corrected chi connectivity index (χ2v) is 5.36. The van der Waals surface area contributed by atoms with Gasteiger partial charge in [-0.25, -0.2) is 0 Å². The molecule has 1 aliphatic rings. The van der Waals surface area contributed by atoms with Crippen LogP contribution >= 0.6 is 0 Å². The molecule has 0 saturated carbocycles. The zero-order valence-electron chi connectivity index (χ0n) is 11.2. The van der Waals surface area contributed by atoms with Crippen molar-refractivity contribution in [1.82, 2.24) is 4.90 Å². The normalized spacial score (nSPS) is 25.8. The molecule has 0 radical (unpaired) electrons. The smallest absolute Gasteiger partial charge is 0.239 e. The molecule has 2 rings (SSSR count). The van der Waals surface area contributed by atoms with E-state index >= 15 is 0 Å². The van der Waals surface area contributed by atoms with Crippen molar-refractivity contribution in [2.45, 2.75) is 32.2 Å². The number of rotatable bonds is 2. The largest absolute Gasteiger partial charge is 0.341 e. The van der Waals surface area contributed by atoms with Gasteiger partial charge in [-0.05, 0) is 30.7 Å². The van der Waals surface area contributed by atoms with E-state index in [4.69, 9.17) is 5.73 Å². The third-order valence-corrected chi connectivity index (χ3v) is 3.83. The summed E-state index contributed by atoms with van der Waals surface area (Å²) in [6.07, 6.45) is 1.03. The number of hydrogen-bond acceptors (Lipinski definition) is 2. The first-order valence-electron chi connectivity index (χ1n) is 6.69. The Kier molecular flexibility index (Phi) is 4.02. The van der Waals surface area contributed by atoms with Gasteiger partial charge in [-0.1, -0.05) is 37.3 Å². The van der Waals surface area contributed by atoms with Gasteiger partial charge >= 0.3 is 0 Å². The Morgan fingerprint density at radius 3 is 2.61 bits per heavy atom. The van der Waals surface area contributed by atoms with Gasteiger partial charge in [-0.15, -0.1) is 0 Å². The van der Waals surface area contributed by atoms with E-state index in [2.05, 4.69) is 31.2 Å². The molecule has 0 spiro atoms. The first-order chi connectivity index (χ1) is 8.59. The number of benzene rings is 1. The molecule has 2 N–H and O–H groups in total. The molecule has 98 valence electrons. The minimum Gasteiger partial charge on any atom is -0.341 e. The number of nitrogens with two attached hydrogens (primary N) is 1. The van der Waals surface area contributed by atoms with E-state index < -0.39 is 0 Å². The van der Waals surface area contributed by atoms with Gasteiger partial charge in [-0.3, -0.25) is 4.79 Å². The maximum absolute atomic E-state index is 11.9. The van der Waals surface area contributed by atoms with Crippen molar-refractivity contribution in [3.8, 4) is 0 Å². The number of nitrogens with zero attached hydrogens (tertiary/aromatic N) is 1. The van der Waals surface area contributed by atoms with E-state index in [1.807, 2.05) is 11.0 Å². The molecule has 3 heteroatoms. The van der Waals surface area contributed by atoms with Crippen molar-refractivity contribution < 1.29 is 4.79 Å². The molecule has 1 saturated heterocycles. The van der Waals surface area contributed by atoms with Crippen LogP contribution in [0.2, 0.25) is 0 Å². The number of hydrogen-bond donors (Lipinski definition) is 1. The van der Waals surface area contributed by atoms with Gasteiger partial charge in [0.25, 0.3) is 0 Å². The minimum atomic E-state index is -0.384. The van der Waals surface area contributed by atoms with E-state index in [1.165, 1.54) is 5.56 Å². The number of likely N-dealkylation sites (tertiary alicyclic amines) is 1. The topological polar surface area (TPSA) is 46.3 Å². The first-order valence-corrected chi connectivity index (χ1v) is 6.69. The molecule has 0 bridgehead atoms. The number of piperidine rings is 1. The second-order valence-electron chi connectivity index (χ2n) is 5.36. The Morgan fingerprint density at radius 2 is 2.06 bits per heavy atom. The lowest BCUT2D eigenvalue weighted by atomic mass is 9.81. The van der Waals surface area contributed by atoms with Gasteiger partial charge in [0.05, 0.1) is 6.04 Å². The number of amides is 1. The average Bonchev–Trinajstić information content (AvgIpc) is 2.38. The zero-order valence-corrected chi connectivity index (χ0v) is 11.2. The SMILES string of the molecule is CC1CN(C(=O)[C@H](C)N)CCC1c1ccccc1. The van der Waals surface area contributed by atoms with Gasteiger partial charge in [0.1, 0.15) is 0 Å². The molecule has 1 heterocycles. The van der Waals surface area contributed by atoms with Crippen molar-refractivity contribution in [2.24, 2.45) is 11.7 Å². The van der Waals surface area contributed by atoms with Gasteiger partial charge in [0, 0.05) is 13.1 Å². The molecule has 1 aromatic rings. The lowest BCUT2D eigenvalue weighted by Crippen LogP contribution is -2.48. The third-order valence-electron chi connectivity index (χ3n) is 3.83. The van der Waals surface area contributed by atoms with Gasteiger partial charge in [0.15, 0.2) is 0 Å². The Labute approximate surface area is 109 Å². The predicted molar refractivity (Wildman–Crippen MR) is 73.2 cm³/mol. The van der Waals surface area contributed by atoms with Crippen molar-refractivity contribution in [2.75, 3.05) is 13.1 Å². The van der Waals surface area contributed by atoms with Gasteiger partial charge < -0.3 is 10.6 Å². The molecule has 1 amide bonds. The standard InChI is InChI=1S/C15H22N2O/c1-11-10-17(15(18)12(2)16)9-8-14(11)13-6-4-3-5-7-13/h3-7,11-12,14H,8-10,16H2,1-2H3/t11?,12-,14?/m0/s1. The monoisotopic (exact) mass is 246 g/mol. The van der Waals surface area contributed by atoms with Crippen LogP contribution in [0.15, 0.2) is 30.3 Å². The van der Waals surface area contributed by atoms with Crippen LogP contribution in [0.3, 0.4) is 0 Å². The summed E-state index contributed by atoms with van der Waals surface area (Å²) in [7, 11) is 0. The summed E-state index contributed by atoms with van der Waals surface area (Å²) in [5.74, 6) is 1.13. The van der Waals surface area contributed by atoms with Crippen molar-refractivity contribution in [1.29, 1.82) is 0 Å². The van der Waals surface area contributed by atoms with E-state index in [9.17, 15) is 4.79 Å². The second kappa shape index (κ2) is 5.53. The van der Waals surface area contributed by atoms with E-state index in [0.29, 0.717) is 11.8 Å². The molecule has 2 unspecified atom stereocenters.